The van der Waals surface area contributed by atoms with E-state index < -0.39 is 0 Å². The number of terminal acetylenes is 1. The average molecular weight is 195 g/mol. The van der Waals surface area contributed by atoms with Gasteiger partial charge in [0, 0.05) is 19.1 Å². The Balaban J connectivity index is 1.97. The molecular weight excluding hydrogens is 174 g/mol. The fraction of sp³-hybridized carbons (Fsp3) is 0.833. The van der Waals surface area contributed by atoms with Gasteiger partial charge in [-0.15, -0.1) is 12.3 Å². The van der Waals surface area contributed by atoms with Crippen molar-refractivity contribution in [3.63, 3.8) is 0 Å². The fourth-order valence-corrected chi connectivity index (χ4v) is 1.88. The molecule has 2 heteroatoms. The predicted octanol–water partition coefficient (Wildman–Crippen LogP) is 2.08. The van der Waals surface area contributed by atoms with E-state index in [1.54, 1.807) is 0 Å². The van der Waals surface area contributed by atoms with E-state index in [2.05, 4.69) is 5.92 Å². The first-order chi connectivity index (χ1) is 6.83. The fourth-order valence-electron chi connectivity index (χ4n) is 1.88. The van der Waals surface area contributed by atoms with Crippen LogP contribution in [-0.2, 0) is 4.74 Å². The number of hydrogen-bond donors (Lipinski definition) is 1. The van der Waals surface area contributed by atoms with Crippen molar-refractivity contribution in [2.45, 2.75) is 57.1 Å². The van der Waals surface area contributed by atoms with Crippen LogP contribution in [0.2, 0.25) is 0 Å². The summed E-state index contributed by atoms with van der Waals surface area (Å²) in [7, 11) is 0. The van der Waals surface area contributed by atoms with Gasteiger partial charge in [-0.3, -0.25) is 0 Å². The number of rotatable bonds is 6. The summed E-state index contributed by atoms with van der Waals surface area (Å²) in [6.07, 6.45) is 13.3. The molecule has 1 rings (SSSR count). The first-order valence-corrected chi connectivity index (χ1v) is 5.63. The maximum Gasteiger partial charge on any atom is 0.0576 e. The van der Waals surface area contributed by atoms with E-state index in [0.717, 1.165) is 38.7 Å². The standard InChI is InChI=1S/C12H21NO/c1-2-3-4-6-11(13)8-9-12-7-5-10-14-12/h1,11-12H,3-10,13H2. The molecule has 14 heavy (non-hydrogen) atoms. The smallest absolute Gasteiger partial charge is 0.0576 e. The zero-order chi connectivity index (χ0) is 10.2. The van der Waals surface area contributed by atoms with Crippen molar-refractivity contribution >= 4 is 0 Å². The summed E-state index contributed by atoms with van der Waals surface area (Å²) in [6.45, 7) is 0.941. The van der Waals surface area contributed by atoms with Gasteiger partial charge in [-0.25, -0.2) is 0 Å². The molecule has 80 valence electrons. The Morgan fingerprint density at radius 1 is 1.50 bits per heavy atom. The van der Waals surface area contributed by atoms with Crippen molar-refractivity contribution in [2.24, 2.45) is 5.73 Å². The molecule has 1 saturated heterocycles. The molecule has 1 heterocycles. The summed E-state index contributed by atoms with van der Waals surface area (Å²) >= 11 is 0. The highest BCUT2D eigenvalue weighted by Gasteiger charge is 2.16. The van der Waals surface area contributed by atoms with Gasteiger partial charge in [0.15, 0.2) is 0 Å². The largest absolute Gasteiger partial charge is 0.378 e. The van der Waals surface area contributed by atoms with Crippen molar-refractivity contribution < 1.29 is 4.74 Å². The van der Waals surface area contributed by atoms with Crippen LogP contribution < -0.4 is 5.73 Å². The molecule has 2 unspecified atom stereocenters. The molecular formula is C12H21NO. The second-order valence-electron chi connectivity index (χ2n) is 4.07. The third-order valence-corrected chi connectivity index (χ3v) is 2.78. The molecule has 2 N–H and O–H groups in total. The monoisotopic (exact) mass is 195 g/mol. The zero-order valence-electron chi connectivity index (χ0n) is 8.87. The molecule has 1 aliphatic rings. The predicted molar refractivity (Wildman–Crippen MR) is 58.9 cm³/mol. The van der Waals surface area contributed by atoms with Gasteiger partial charge >= 0.3 is 0 Å². The Morgan fingerprint density at radius 2 is 2.36 bits per heavy atom. The summed E-state index contributed by atoms with van der Waals surface area (Å²) < 4.78 is 5.54. The number of hydrogen-bond acceptors (Lipinski definition) is 2. The van der Waals surface area contributed by atoms with Crippen molar-refractivity contribution in [1.29, 1.82) is 0 Å². The maximum absolute atomic E-state index is 5.97. The van der Waals surface area contributed by atoms with Gasteiger partial charge in [-0.05, 0) is 38.5 Å². The van der Waals surface area contributed by atoms with Gasteiger partial charge in [-0.1, -0.05) is 0 Å². The van der Waals surface area contributed by atoms with Crippen LogP contribution in [-0.4, -0.2) is 18.8 Å². The Morgan fingerprint density at radius 3 is 3.00 bits per heavy atom. The normalized spacial score (nSPS) is 23.3. The van der Waals surface area contributed by atoms with Crippen LogP contribution in [0.15, 0.2) is 0 Å². The molecule has 0 aromatic carbocycles. The molecule has 1 fully saturated rings. The SMILES string of the molecule is C#CCCCC(N)CCC1CCCO1. The van der Waals surface area contributed by atoms with E-state index in [9.17, 15) is 0 Å². The topological polar surface area (TPSA) is 35.2 Å². The highest BCUT2D eigenvalue weighted by atomic mass is 16.5. The van der Waals surface area contributed by atoms with Gasteiger partial charge in [0.25, 0.3) is 0 Å². The lowest BCUT2D eigenvalue weighted by Crippen LogP contribution is -2.21. The van der Waals surface area contributed by atoms with Crippen LogP contribution in [0.1, 0.15) is 44.9 Å². The summed E-state index contributed by atoms with van der Waals surface area (Å²) in [4.78, 5) is 0. The van der Waals surface area contributed by atoms with E-state index in [0.29, 0.717) is 12.1 Å². The van der Waals surface area contributed by atoms with Crippen molar-refractivity contribution in [1.82, 2.24) is 0 Å². The van der Waals surface area contributed by atoms with Crippen LogP contribution in [0.5, 0.6) is 0 Å². The van der Waals surface area contributed by atoms with Crippen LogP contribution in [0.25, 0.3) is 0 Å². The zero-order valence-corrected chi connectivity index (χ0v) is 8.87. The first-order valence-electron chi connectivity index (χ1n) is 5.63. The molecule has 0 aromatic rings. The van der Waals surface area contributed by atoms with Crippen LogP contribution in [0, 0.1) is 12.3 Å². The first kappa shape index (κ1) is 11.6. The van der Waals surface area contributed by atoms with Gasteiger partial charge in [0.2, 0.25) is 0 Å². The second-order valence-corrected chi connectivity index (χ2v) is 4.07. The van der Waals surface area contributed by atoms with Gasteiger partial charge in [-0.2, -0.15) is 0 Å². The van der Waals surface area contributed by atoms with Crippen LogP contribution >= 0.6 is 0 Å². The lowest BCUT2D eigenvalue weighted by Gasteiger charge is -2.13. The molecule has 0 bridgehead atoms. The minimum atomic E-state index is 0.313. The molecule has 0 aromatic heterocycles. The minimum Gasteiger partial charge on any atom is -0.378 e. The Labute approximate surface area is 87.2 Å². The van der Waals surface area contributed by atoms with Gasteiger partial charge in [0.1, 0.15) is 0 Å². The third-order valence-electron chi connectivity index (χ3n) is 2.78. The Kier molecular flexibility index (Phi) is 5.66. The lowest BCUT2D eigenvalue weighted by atomic mass is 10.0. The minimum absolute atomic E-state index is 0.313. The number of unbranched alkanes of at least 4 members (excludes halogenated alkanes) is 1. The molecule has 0 saturated carbocycles. The van der Waals surface area contributed by atoms with Gasteiger partial charge < -0.3 is 10.5 Å². The van der Waals surface area contributed by atoms with Crippen LogP contribution in [0.4, 0.5) is 0 Å². The third kappa shape index (κ3) is 4.64. The van der Waals surface area contributed by atoms with E-state index >= 15 is 0 Å². The molecule has 0 aliphatic carbocycles. The lowest BCUT2D eigenvalue weighted by molar-refractivity contribution is 0.100. The second kappa shape index (κ2) is 6.86. The Hall–Kier alpha value is -0.520. The summed E-state index contributed by atoms with van der Waals surface area (Å²) in [5.41, 5.74) is 5.97. The quantitative estimate of drug-likeness (QED) is 0.520. The molecule has 0 amide bonds. The van der Waals surface area contributed by atoms with E-state index in [1.165, 1.54) is 12.8 Å². The van der Waals surface area contributed by atoms with Crippen molar-refractivity contribution in [2.75, 3.05) is 6.61 Å². The van der Waals surface area contributed by atoms with E-state index in [-0.39, 0.29) is 0 Å². The van der Waals surface area contributed by atoms with Gasteiger partial charge in [0.05, 0.1) is 6.10 Å². The highest BCUT2D eigenvalue weighted by molar-refractivity contribution is 4.83. The van der Waals surface area contributed by atoms with Crippen LogP contribution in [0.3, 0.4) is 0 Å². The number of nitrogens with two attached hydrogens (primary N) is 1. The molecule has 2 nitrogen and oxygen atoms in total. The molecule has 1 aliphatic heterocycles. The van der Waals surface area contributed by atoms with E-state index in [4.69, 9.17) is 16.9 Å². The molecule has 0 spiro atoms. The van der Waals surface area contributed by atoms with Crippen molar-refractivity contribution in [3.05, 3.63) is 0 Å². The Bertz CT molecular complexity index is 179. The molecule has 0 radical (unpaired) electrons. The average Bonchev–Trinajstić information content (AvgIpc) is 2.68. The maximum atomic E-state index is 5.97. The molecule has 2 atom stereocenters. The van der Waals surface area contributed by atoms with E-state index in [1.807, 2.05) is 0 Å². The summed E-state index contributed by atoms with van der Waals surface area (Å²) in [5.74, 6) is 2.64. The summed E-state index contributed by atoms with van der Waals surface area (Å²) in [5, 5.41) is 0. The number of ether oxygens (including phenoxy) is 1. The van der Waals surface area contributed by atoms with Crippen molar-refractivity contribution in [3.8, 4) is 12.3 Å². The highest BCUT2D eigenvalue weighted by Crippen LogP contribution is 2.18. The summed E-state index contributed by atoms with van der Waals surface area (Å²) in [6, 6.07) is 0.313.